The van der Waals surface area contributed by atoms with Crippen LogP contribution in [-0.4, -0.2) is 33.0 Å². The minimum atomic E-state index is -0.110. The lowest BCUT2D eigenvalue weighted by Gasteiger charge is -2.13. The first-order valence-corrected chi connectivity index (χ1v) is 7.41. The number of nitrogens with two attached hydrogens (primary N) is 1. The average Bonchev–Trinajstić information content (AvgIpc) is 2.47. The first kappa shape index (κ1) is 17.0. The Morgan fingerprint density at radius 2 is 1.70 bits per heavy atom. The van der Waals surface area contributed by atoms with Crippen molar-refractivity contribution in [3.63, 3.8) is 0 Å². The number of benzene rings is 1. The summed E-state index contributed by atoms with van der Waals surface area (Å²) in [6.45, 7) is 7.33. The van der Waals surface area contributed by atoms with Gasteiger partial charge in [0.05, 0.1) is 32.5 Å². The highest BCUT2D eigenvalue weighted by atomic mass is 16.5. The molecule has 0 radical (unpaired) electrons. The molecule has 1 atom stereocenters. The van der Waals surface area contributed by atoms with Crippen LogP contribution in [0.3, 0.4) is 0 Å². The zero-order chi connectivity index (χ0) is 14.6. The molecule has 0 bridgehead atoms. The monoisotopic (exact) mass is 281 g/mol. The predicted molar refractivity (Wildman–Crippen MR) is 81.1 cm³/mol. The van der Waals surface area contributed by atoms with E-state index in [1.54, 1.807) is 0 Å². The molecule has 0 fully saturated rings. The first-order valence-electron chi connectivity index (χ1n) is 7.41. The summed E-state index contributed by atoms with van der Waals surface area (Å²) >= 11 is 0. The Morgan fingerprint density at radius 3 is 2.35 bits per heavy atom. The number of hydrogen-bond acceptors (Lipinski definition) is 4. The van der Waals surface area contributed by atoms with Crippen molar-refractivity contribution in [2.45, 2.75) is 32.7 Å². The Balaban J connectivity index is 2.17. The molecule has 0 aromatic heterocycles. The summed E-state index contributed by atoms with van der Waals surface area (Å²) in [6, 6.07) is 7.73. The van der Waals surface area contributed by atoms with Crippen LogP contribution in [0.25, 0.3) is 0 Å². The molecule has 1 rings (SSSR count). The number of unbranched alkanes of at least 4 members (excludes halogenated alkanes) is 1. The van der Waals surface area contributed by atoms with Crippen molar-refractivity contribution in [1.82, 2.24) is 0 Å². The quantitative estimate of drug-likeness (QED) is 0.634. The molecule has 0 saturated carbocycles. The highest BCUT2D eigenvalue weighted by Crippen LogP contribution is 2.16. The molecule has 0 heterocycles. The largest absolute Gasteiger partial charge is 0.494 e. The van der Waals surface area contributed by atoms with Gasteiger partial charge in [0, 0.05) is 6.61 Å². The predicted octanol–water partition coefficient (Wildman–Crippen LogP) is 2.92. The van der Waals surface area contributed by atoms with E-state index in [1.165, 1.54) is 0 Å². The number of ether oxygens (including phenoxy) is 3. The Bertz CT molecular complexity index is 340. The molecule has 2 N–H and O–H groups in total. The third-order valence-corrected chi connectivity index (χ3v) is 2.93. The SMILES string of the molecule is CCCCOCCOCC(N)c1ccc(OCC)cc1. The van der Waals surface area contributed by atoms with E-state index >= 15 is 0 Å². The highest BCUT2D eigenvalue weighted by Gasteiger charge is 2.06. The van der Waals surface area contributed by atoms with Crippen molar-refractivity contribution in [3.8, 4) is 5.75 Å². The normalized spacial score (nSPS) is 12.3. The summed E-state index contributed by atoms with van der Waals surface area (Å²) in [5.74, 6) is 0.869. The summed E-state index contributed by atoms with van der Waals surface area (Å²) in [4.78, 5) is 0. The maximum atomic E-state index is 6.07. The molecule has 0 amide bonds. The summed E-state index contributed by atoms with van der Waals surface area (Å²) in [7, 11) is 0. The van der Waals surface area contributed by atoms with E-state index in [4.69, 9.17) is 19.9 Å². The number of hydrogen-bond donors (Lipinski definition) is 1. The molecular weight excluding hydrogens is 254 g/mol. The second-order valence-electron chi connectivity index (χ2n) is 4.65. The van der Waals surface area contributed by atoms with Gasteiger partial charge < -0.3 is 19.9 Å². The zero-order valence-electron chi connectivity index (χ0n) is 12.6. The Hall–Kier alpha value is -1.10. The maximum Gasteiger partial charge on any atom is 0.119 e. The lowest BCUT2D eigenvalue weighted by atomic mass is 10.1. The second-order valence-corrected chi connectivity index (χ2v) is 4.65. The van der Waals surface area contributed by atoms with E-state index in [9.17, 15) is 0 Å². The van der Waals surface area contributed by atoms with Gasteiger partial charge in [-0.25, -0.2) is 0 Å². The van der Waals surface area contributed by atoms with Crippen LogP contribution in [0, 0.1) is 0 Å². The molecule has 4 nitrogen and oxygen atoms in total. The Morgan fingerprint density at radius 1 is 1.00 bits per heavy atom. The van der Waals surface area contributed by atoms with Crippen LogP contribution in [0.1, 0.15) is 38.3 Å². The molecule has 20 heavy (non-hydrogen) atoms. The van der Waals surface area contributed by atoms with Gasteiger partial charge in [-0.1, -0.05) is 25.5 Å². The fourth-order valence-electron chi connectivity index (χ4n) is 1.75. The lowest BCUT2D eigenvalue weighted by molar-refractivity contribution is 0.0416. The van der Waals surface area contributed by atoms with Crippen LogP contribution < -0.4 is 10.5 Å². The minimum Gasteiger partial charge on any atom is -0.494 e. The average molecular weight is 281 g/mol. The zero-order valence-corrected chi connectivity index (χ0v) is 12.6. The van der Waals surface area contributed by atoms with Gasteiger partial charge >= 0.3 is 0 Å². The van der Waals surface area contributed by atoms with Crippen molar-refractivity contribution in [3.05, 3.63) is 29.8 Å². The lowest BCUT2D eigenvalue weighted by Crippen LogP contribution is -2.18. The van der Waals surface area contributed by atoms with Crippen LogP contribution in [0.2, 0.25) is 0 Å². The molecule has 0 aliphatic carbocycles. The van der Waals surface area contributed by atoms with Gasteiger partial charge in [0.15, 0.2) is 0 Å². The molecule has 0 spiro atoms. The summed E-state index contributed by atoms with van der Waals surface area (Å²) in [5.41, 5.74) is 7.13. The van der Waals surface area contributed by atoms with Gasteiger partial charge in [-0.15, -0.1) is 0 Å². The van der Waals surface area contributed by atoms with Crippen molar-refractivity contribution in [2.75, 3.05) is 33.0 Å². The van der Waals surface area contributed by atoms with E-state index in [0.29, 0.717) is 26.4 Å². The molecule has 1 aromatic rings. The van der Waals surface area contributed by atoms with Crippen LogP contribution in [0.4, 0.5) is 0 Å². The first-order chi connectivity index (χ1) is 9.77. The fourth-order valence-corrected chi connectivity index (χ4v) is 1.75. The Labute approximate surface area is 122 Å². The third kappa shape index (κ3) is 6.89. The summed E-state index contributed by atoms with van der Waals surface area (Å²) in [6.07, 6.45) is 2.26. The van der Waals surface area contributed by atoms with Gasteiger partial charge in [-0.05, 0) is 31.0 Å². The molecule has 1 unspecified atom stereocenters. The van der Waals surface area contributed by atoms with E-state index in [1.807, 2.05) is 31.2 Å². The summed E-state index contributed by atoms with van der Waals surface area (Å²) in [5, 5.41) is 0. The molecule has 0 saturated heterocycles. The highest BCUT2D eigenvalue weighted by molar-refractivity contribution is 5.29. The van der Waals surface area contributed by atoms with Crippen LogP contribution >= 0.6 is 0 Å². The van der Waals surface area contributed by atoms with Crippen LogP contribution in [0.5, 0.6) is 5.75 Å². The maximum absolute atomic E-state index is 6.07. The van der Waals surface area contributed by atoms with E-state index in [2.05, 4.69) is 6.92 Å². The van der Waals surface area contributed by atoms with Crippen molar-refractivity contribution >= 4 is 0 Å². The minimum absolute atomic E-state index is 0.110. The molecule has 4 heteroatoms. The van der Waals surface area contributed by atoms with E-state index in [-0.39, 0.29) is 6.04 Å². The third-order valence-electron chi connectivity index (χ3n) is 2.93. The van der Waals surface area contributed by atoms with Crippen LogP contribution in [-0.2, 0) is 9.47 Å². The smallest absolute Gasteiger partial charge is 0.119 e. The van der Waals surface area contributed by atoms with Crippen molar-refractivity contribution < 1.29 is 14.2 Å². The summed E-state index contributed by atoms with van der Waals surface area (Å²) < 4.78 is 16.3. The van der Waals surface area contributed by atoms with Gasteiger partial charge in [0.1, 0.15) is 5.75 Å². The van der Waals surface area contributed by atoms with Gasteiger partial charge in [-0.3, -0.25) is 0 Å². The van der Waals surface area contributed by atoms with Crippen molar-refractivity contribution in [2.24, 2.45) is 5.73 Å². The van der Waals surface area contributed by atoms with Gasteiger partial charge in [0.2, 0.25) is 0 Å². The topological polar surface area (TPSA) is 53.7 Å². The number of rotatable bonds is 11. The standard InChI is InChI=1S/C16H27NO3/c1-3-5-10-18-11-12-19-13-16(17)14-6-8-15(9-7-14)20-4-2/h6-9,16H,3-5,10-13,17H2,1-2H3. The molecular formula is C16H27NO3. The van der Waals surface area contributed by atoms with Gasteiger partial charge in [-0.2, -0.15) is 0 Å². The molecule has 0 aliphatic heterocycles. The molecule has 0 aliphatic rings. The second kappa shape index (κ2) is 10.7. The van der Waals surface area contributed by atoms with Gasteiger partial charge in [0.25, 0.3) is 0 Å². The van der Waals surface area contributed by atoms with Crippen LogP contribution in [0.15, 0.2) is 24.3 Å². The van der Waals surface area contributed by atoms with E-state index < -0.39 is 0 Å². The van der Waals surface area contributed by atoms with Crippen molar-refractivity contribution in [1.29, 1.82) is 0 Å². The van der Waals surface area contributed by atoms with E-state index in [0.717, 1.165) is 30.8 Å². The Kier molecular flexibility index (Phi) is 9.04. The molecule has 114 valence electrons. The fraction of sp³-hybridized carbons (Fsp3) is 0.625. The molecule has 1 aromatic carbocycles.